The molecule has 0 saturated carbocycles. The number of aliphatic carboxylic acids is 1. The molecule has 1 aromatic rings. The minimum Gasteiger partial charge on any atom is -0.480 e. The van der Waals surface area contributed by atoms with Gasteiger partial charge < -0.3 is 19.9 Å². The topological polar surface area (TPSA) is 110 Å². The number of carbonyl (C=O) groups is 2. The van der Waals surface area contributed by atoms with Gasteiger partial charge in [-0.3, -0.25) is 0 Å². The van der Waals surface area contributed by atoms with Crippen molar-refractivity contribution in [1.82, 2.24) is 5.32 Å². The van der Waals surface area contributed by atoms with Crippen molar-refractivity contribution in [3.8, 4) is 0 Å². The van der Waals surface area contributed by atoms with Crippen LogP contribution in [0.5, 0.6) is 0 Å². The van der Waals surface area contributed by atoms with Gasteiger partial charge in [-0.25, -0.2) is 9.59 Å². The smallest absolute Gasteiger partial charge is 0.442 e. The SMILES string of the molecule is CC(C)(C)OC(=O)N[C@H](COCc1ccc(C2(C(F)(F)F)N=N2)cc1)C(=O)O. The molecule has 1 aliphatic heterocycles. The van der Waals surface area contributed by atoms with E-state index >= 15 is 0 Å². The number of nitrogens with zero attached hydrogens (tertiary/aromatic N) is 2. The first-order valence-electron chi connectivity index (χ1n) is 8.24. The van der Waals surface area contributed by atoms with Gasteiger partial charge >= 0.3 is 23.9 Å². The van der Waals surface area contributed by atoms with Crippen molar-refractivity contribution in [3.63, 3.8) is 0 Å². The summed E-state index contributed by atoms with van der Waals surface area (Å²) < 4.78 is 49.1. The molecule has 1 heterocycles. The largest absolute Gasteiger partial charge is 0.480 e. The maximum absolute atomic E-state index is 12.9. The molecule has 0 bridgehead atoms. The molecule has 0 aliphatic carbocycles. The summed E-state index contributed by atoms with van der Waals surface area (Å²) in [6.45, 7) is 4.48. The number of benzene rings is 1. The zero-order valence-electron chi connectivity index (χ0n) is 15.4. The predicted octanol–water partition coefficient (Wildman–Crippen LogP) is 3.36. The van der Waals surface area contributed by atoms with Gasteiger partial charge in [0.1, 0.15) is 5.60 Å². The van der Waals surface area contributed by atoms with Gasteiger partial charge in [0.15, 0.2) is 6.04 Å². The molecule has 1 aromatic carbocycles. The van der Waals surface area contributed by atoms with E-state index in [-0.39, 0.29) is 18.8 Å². The Morgan fingerprint density at radius 1 is 1.18 bits per heavy atom. The van der Waals surface area contributed by atoms with E-state index < -0.39 is 35.5 Å². The highest BCUT2D eigenvalue weighted by Gasteiger charge is 2.65. The summed E-state index contributed by atoms with van der Waals surface area (Å²) in [6, 6.07) is 3.94. The van der Waals surface area contributed by atoms with Crippen LogP contribution in [-0.4, -0.2) is 41.6 Å². The summed E-state index contributed by atoms with van der Waals surface area (Å²) in [5, 5.41) is 17.6. The van der Waals surface area contributed by atoms with E-state index in [4.69, 9.17) is 14.6 Å². The Morgan fingerprint density at radius 2 is 1.75 bits per heavy atom. The van der Waals surface area contributed by atoms with Crippen LogP contribution in [0.3, 0.4) is 0 Å². The number of amides is 1. The Morgan fingerprint density at radius 3 is 2.18 bits per heavy atom. The molecule has 1 atom stereocenters. The number of halogens is 3. The quantitative estimate of drug-likeness (QED) is 0.726. The number of alkyl halides is 3. The maximum Gasteiger partial charge on any atom is 0.442 e. The highest BCUT2D eigenvalue weighted by molar-refractivity contribution is 5.80. The van der Waals surface area contributed by atoms with Crippen molar-refractivity contribution in [2.45, 2.75) is 50.9 Å². The minimum absolute atomic E-state index is 0.0621. The zero-order valence-corrected chi connectivity index (χ0v) is 15.4. The molecule has 2 rings (SSSR count). The van der Waals surface area contributed by atoms with E-state index in [0.717, 1.165) is 0 Å². The van der Waals surface area contributed by atoms with Gasteiger partial charge in [0, 0.05) is 5.56 Å². The van der Waals surface area contributed by atoms with E-state index in [1.807, 2.05) is 0 Å². The summed E-state index contributed by atoms with van der Waals surface area (Å²) in [4.78, 5) is 22.9. The van der Waals surface area contributed by atoms with Crippen molar-refractivity contribution in [2.75, 3.05) is 6.61 Å². The zero-order chi connectivity index (χ0) is 21.2. The first-order chi connectivity index (χ1) is 12.8. The predicted molar refractivity (Wildman–Crippen MR) is 89.5 cm³/mol. The number of rotatable bonds is 7. The van der Waals surface area contributed by atoms with Crippen molar-refractivity contribution >= 4 is 12.1 Å². The van der Waals surface area contributed by atoms with Gasteiger partial charge in [0.2, 0.25) is 0 Å². The molecule has 1 amide bonds. The molecule has 0 radical (unpaired) electrons. The summed E-state index contributed by atoms with van der Waals surface area (Å²) >= 11 is 0. The maximum atomic E-state index is 12.9. The van der Waals surface area contributed by atoms with Crippen LogP contribution < -0.4 is 5.32 Å². The Hall–Kier alpha value is -2.69. The molecule has 0 unspecified atom stereocenters. The molecular weight excluding hydrogens is 383 g/mol. The fourth-order valence-electron chi connectivity index (χ4n) is 2.20. The van der Waals surface area contributed by atoms with Crippen LogP contribution >= 0.6 is 0 Å². The molecule has 8 nitrogen and oxygen atoms in total. The summed E-state index contributed by atoms with van der Waals surface area (Å²) in [5.74, 6) is -1.31. The lowest BCUT2D eigenvalue weighted by Gasteiger charge is -2.22. The first kappa shape index (κ1) is 21.6. The Bertz CT molecular complexity index is 751. The molecule has 2 N–H and O–H groups in total. The second-order valence-electron chi connectivity index (χ2n) is 7.12. The van der Waals surface area contributed by atoms with Crippen molar-refractivity contribution in [3.05, 3.63) is 35.4 Å². The van der Waals surface area contributed by atoms with Crippen LogP contribution in [0.15, 0.2) is 34.5 Å². The number of carboxylic acids is 1. The van der Waals surface area contributed by atoms with E-state index in [2.05, 4.69) is 15.5 Å². The van der Waals surface area contributed by atoms with Gasteiger partial charge in [-0.15, -0.1) is 10.2 Å². The molecular formula is C17H20F3N3O5. The summed E-state index contributed by atoms with van der Waals surface area (Å²) in [6.07, 6.45) is -5.50. The molecule has 1 aliphatic rings. The Kier molecular flexibility index (Phi) is 5.97. The number of hydrogen-bond acceptors (Lipinski definition) is 6. The van der Waals surface area contributed by atoms with Crippen LogP contribution in [0.4, 0.5) is 18.0 Å². The molecule has 11 heteroatoms. The normalized spacial score (nSPS) is 16.4. The summed E-state index contributed by atoms with van der Waals surface area (Å²) in [5.41, 5.74) is -2.87. The van der Waals surface area contributed by atoms with Gasteiger partial charge in [-0.05, 0) is 26.3 Å². The van der Waals surface area contributed by atoms with Crippen molar-refractivity contribution < 1.29 is 37.3 Å². The second kappa shape index (κ2) is 7.74. The fourth-order valence-corrected chi connectivity index (χ4v) is 2.20. The fraction of sp³-hybridized carbons (Fsp3) is 0.529. The second-order valence-corrected chi connectivity index (χ2v) is 7.12. The number of carbonyl (C=O) groups excluding carboxylic acids is 1. The molecule has 0 spiro atoms. The average Bonchev–Trinajstić information content (AvgIpc) is 3.34. The molecule has 28 heavy (non-hydrogen) atoms. The van der Waals surface area contributed by atoms with Gasteiger partial charge in [-0.1, -0.05) is 24.3 Å². The van der Waals surface area contributed by atoms with Gasteiger partial charge in [0.25, 0.3) is 0 Å². The first-order valence-corrected chi connectivity index (χ1v) is 8.24. The van der Waals surface area contributed by atoms with Crippen molar-refractivity contribution in [2.24, 2.45) is 10.2 Å². The third kappa shape index (κ3) is 5.41. The van der Waals surface area contributed by atoms with Crippen LogP contribution in [0.1, 0.15) is 31.9 Å². The van der Waals surface area contributed by atoms with Crippen molar-refractivity contribution in [1.29, 1.82) is 0 Å². The Labute approximate surface area is 158 Å². The lowest BCUT2D eigenvalue weighted by Crippen LogP contribution is -2.46. The number of carboxylic acid groups (broad SMARTS) is 1. The standard InChI is InChI=1S/C17H20F3N3O5/c1-15(2,3)28-14(26)21-12(13(24)25)9-27-8-10-4-6-11(7-5-10)16(22-23-16)17(18,19)20/h4-7,12H,8-9H2,1-3H3,(H,21,26)(H,24,25)/t12-/m1/s1. The lowest BCUT2D eigenvalue weighted by atomic mass is 10.0. The van der Waals surface area contributed by atoms with Gasteiger partial charge in [0.05, 0.1) is 13.2 Å². The van der Waals surface area contributed by atoms with E-state index in [1.54, 1.807) is 20.8 Å². The molecule has 154 valence electrons. The highest BCUT2D eigenvalue weighted by Crippen LogP contribution is 2.52. The highest BCUT2D eigenvalue weighted by atomic mass is 19.4. The third-order valence-corrected chi connectivity index (χ3v) is 3.59. The van der Waals surface area contributed by atoms with Crippen LogP contribution in [0.25, 0.3) is 0 Å². The summed E-state index contributed by atoms with van der Waals surface area (Å²) in [7, 11) is 0. The average molecular weight is 403 g/mol. The van der Waals surface area contributed by atoms with E-state index in [9.17, 15) is 22.8 Å². The minimum atomic E-state index is -4.60. The van der Waals surface area contributed by atoms with E-state index in [0.29, 0.717) is 5.56 Å². The molecule has 0 fully saturated rings. The number of nitrogens with one attached hydrogen (secondary N) is 1. The third-order valence-electron chi connectivity index (χ3n) is 3.59. The number of ether oxygens (including phenoxy) is 2. The molecule has 0 saturated heterocycles. The van der Waals surface area contributed by atoms with E-state index in [1.165, 1.54) is 24.3 Å². The van der Waals surface area contributed by atoms with Crippen LogP contribution in [0, 0.1) is 0 Å². The number of hydrogen-bond donors (Lipinski definition) is 2. The van der Waals surface area contributed by atoms with Gasteiger partial charge in [-0.2, -0.15) is 13.2 Å². The lowest BCUT2D eigenvalue weighted by molar-refractivity contribution is -0.166. The Balaban J connectivity index is 1.87. The molecule has 0 aromatic heterocycles. The number of alkyl carbamates (subject to hydrolysis) is 1. The van der Waals surface area contributed by atoms with Crippen LogP contribution in [-0.2, 0) is 26.5 Å². The monoisotopic (exact) mass is 403 g/mol. The van der Waals surface area contributed by atoms with Crippen LogP contribution in [0.2, 0.25) is 0 Å².